The lowest BCUT2D eigenvalue weighted by Gasteiger charge is -2.07. The molecule has 7 nitrogen and oxygen atoms in total. The molecule has 0 unspecified atom stereocenters. The fourth-order valence-electron chi connectivity index (χ4n) is 2.08. The molecule has 0 saturated heterocycles. The first-order chi connectivity index (χ1) is 12.9. The first-order valence-electron chi connectivity index (χ1n) is 7.83. The second kappa shape index (κ2) is 9.94. The maximum absolute atomic E-state index is 11.9. The van der Waals surface area contributed by atoms with Gasteiger partial charge in [-0.25, -0.2) is 5.43 Å². The second-order valence-corrected chi connectivity index (χ2v) is 6.69. The first kappa shape index (κ1) is 20.7. The molecular weight excluding hydrogens is 438 g/mol. The highest BCUT2D eigenvalue weighted by atomic mass is 79.9. The number of benzene rings is 2. The van der Waals surface area contributed by atoms with Crippen LogP contribution in [0.15, 0.2) is 46.0 Å². The van der Waals surface area contributed by atoms with Crippen molar-refractivity contribution in [2.45, 2.75) is 12.8 Å². The van der Waals surface area contributed by atoms with Crippen LogP contribution < -0.4 is 15.5 Å². The van der Waals surface area contributed by atoms with Gasteiger partial charge in [0.05, 0.1) is 24.0 Å². The maximum atomic E-state index is 11.9. The largest absolute Gasteiger partial charge is 0.504 e. The molecule has 0 aliphatic carbocycles. The number of hydrazone groups is 1. The van der Waals surface area contributed by atoms with Gasteiger partial charge in [0.15, 0.2) is 11.5 Å². The highest BCUT2D eigenvalue weighted by Gasteiger charge is 2.10. The number of phenolic OH excluding ortho intramolecular Hbond substituents is 1. The summed E-state index contributed by atoms with van der Waals surface area (Å²) in [5, 5.41) is 16.8. The van der Waals surface area contributed by atoms with Gasteiger partial charge in [0.25, 0.3) is 0 Å². The average Bonchev–Trinajstić information content (AvgIpc) is 2.64. The Morgan fingerprint density at radius 2 is 1.96 bits per heavy atom. The number of amides is 2. The molecule has 3 N–H and O–H groups in total. The van der Waals surface area contributed by atoms with Crippen molar-refractivity contribution in [2.24, 2.45) is 5.10 Å². The third-order valence-corrected chi connectivity index (χ3v) is 4.20. The SMILES string of the molecule is COc1cc(Br)cc(C=NNC(=O)CCC(=O)Nc2ccccc2Cl)c1O. The molecule has 2 rings (SSSR count). The van der Waals surface area contributed by atoms with Crippen molar-refractivity contribution in [1.29, 1.82) is 0 Å². The van der Waals surface area contributed by atoms with Crippen LogP contribution >= 0.6 is 27.5 Å². The predicted molar refractivity (Wildman–Crippen MR) is 107 cm³/mol. The third-order valence-electron chi connectivity index (χ3n) is 3.41. The molecule has 9 heteroatoms. The summed E-state index contributed by atoms with van der Waals surface area (Å²) >= 11 is 9.25. The van der Waals surface area contributed by atoms with Gasteiger partial charge < -0.3 is 15.2 Å². The van der Waals surface area contributed by atoms with E-state index >= 15 is 0 Å². The van der Waals surface area contributed by atoms with Gasteiger partial charge in [0, 0.05) is 22.9 Å². The lowest BCUT2D eigenvalue weighted by molar-refractivity contribution is -0.124. The van der Waals surface area contributed by atoms with Crippen LogP contribution in [-0.4, -0.2) is 30.2 Å². The van der Waals surface area contributed by atoms with Crippen molar-refractivity contribution in [3.63, 3.8) is 0 Å². The molecule has 0 saturated carbocycles. The van der Waals surface area contributed by atoms with Crippen molar-refractivity contribution in [3.05, 3.63) is 51.5 Å². The molecule has 2 aromatic carbocycles. The van der Waals surface area contributed by atoms with Crippen LogP contribution in [0, 0.1) is 0 Å². The lowest BCUT2D eigenvalue weighted by atomic mass is 10.2. The quantitative estimate of drug-likeness (QED) is 0.439. The van der Waals surface area contributed by atoms with E-state index in [0.717, 1.165) is 0 Å². The van der Waals surface area contributed by atoms with Gasteiger partial charge in [-0.1, -0.05) is 39.7 Å². The highest BCUT2D eigenvalue weighted by Crippen LogP contribution is 2.32. The van der Waals surface area contributed by atoms with Crippen LogP contribution in [0.5, 0.6) is 11.5 Å². The second-order valence-electron chi connectivity index (χ2n) is 5.37. The van der Waals surface area contributed by atoms with Crippen molar-refractivity contribution < 1.29 is 19.4 Å². The van der Waals surface area contributed by atoms with Gasteiger partial charge in [0.1, 0.15) is 0 Å². The van der Waals surface area contributed by atoms with Crippen molar-refractivity contribution >= 4 is 51.2 Å². The van der Waals surface area contributed by atoms with Crippen LogP contribution in [-0.2, 0) is 9.59 Å². The Kier molecular flexibility index (Phi) is 7.63. The van der Waals surface area contributed by atoms with Crippen molar-refractivity contribution in [3.8, 4) is 11.5 Å². The number of nitrogens with zero attached hydrogens (tertiary/aromatic N) is 1. The summed E-state index contributed by atoms with van der Waals surface area (Å²) in [6.45, 7) is 0. The van der Waals surface area contributed by atoms with Crippen molar-refractivity contribution in [2.75, 3.05) is 12.4 Å². The number of aromatic hydroxyl groups is 1. The third kappa shape index (κ3) is 6.26. The summed E-state index contributed by atoms with van der Waals surface area (Å²) < 4.78 is 5.71. The Labute approximate surface area is 169 Å². The molecule has 142 valence electrons. The van der Waals surface area contributed by atoms with Gasteiger partial charge in [-0.05, 0) is 24.3 Å². The van der Waals surface area contributed by atoms with E-state index in [4.69, 9.17) is 16.3 Å². The smallest absolute Gasteiger partial charge is 0.240 e. The lowest BCUT2D eigenvalue weighted by Crippen LogP contribution is -2.20. The van der Waals surface area contributed by atoms with E-state index in [1.807, 2.05) is 0 Å². The molecule has 0 bridgehead atoms. The number of carbonyl (C=O) groups excluding carboxylic acids is 2. The molecule has 0 aliphatic heterocycles. The Balaban J connectivity index is 1.84. The predicted octanol–water partition coefficient (Wildman–Crippen LogP) is 3.69. The molecular formula is C18H17BrClN3O4. The Morgan fingerprint density at radius 1 is 1.26 bits per heavy atom. The number of ether oxygens (including phenoxy) is 1. The number of hydrogen-bond acceptors (Lipinski definition) is 5. The van der Waals surface area contributed by atoms with E-state index in [-0.39, 0.29) is 30.2 Å². The van der Waals surface area contributed by atoms with E-state index in [1.54, 1.807) is 36.4 Å². The van der Waals surface area contributed by atoms with E-state index in [0.29, 0.717) is 20.7 Å². The summed E-state index contributed by atoms with van der Waals surface area (Å²) in [6, 6.07) is 10.0. The molecule has 2 aromatic rings. The Morgan fingerprint density at radius 3 is 2.67 bits per heavy atom. The van der Waals surface area contributed by atoms with Gasteiger partial charge >= 0.3 is 0 Å². The summed E-state index contributed by atoms with van der Waals surface area (Å²) in [7, 11) is 1.43. The van der Waals surface area contributed by atoms with Crippen LogP contribution in [0.2, 0.25) is 5.02 Å². The molecule has 0 spiro atoms. The topological polar surface area (TPSA) is 100 Å². The molecule has 0 radical (unpaired) electrons. The number of hydrogen-bond donors (Lipinski definition) is 3. The van der Waals surface area contributed by atoms with Crippen LogP contribution in [0.3, 0.4) is 0 Å². The van der Waals surface area contributed by atoms with Crippen LogP contribution in [0.25, 0.3) is 0 Å². The highest BCUT2D eigenvalue weighted by molar-refractivity contribution is 9.10. The fourth-order valence-corrected chi connectivity index (χ4v) is 2.72. The minimum atomic E-state index is -0.443. The number of methoxy groups -OCH3 is 1. The number of nitrogens with one attached hydrogen (secondary N) is 2. The van der Waals surface area contributed by atoms with E-state index in [2.05, 4.69) is 31.8 Å². The molecule has 27 heavy (non-hydrogen) atoms. The average molecular weight is 455 g/mol. The number of rotatable bonds is 7. The van der Waals surface area contributed by atoms with Crippen LogP contribution in [0.1, 0.15) is 18.4 Å². The first-order valence-corrected chi connectivity index (χ1v) is 9.00. The van der Waals surface area contributed by atoms with Crippen molar-refractivity contribution in [1.82, 2.24) is 5.43 Å². The Hall–Kier alpha value is -2.58. The zero-order valence-electron chi connectivity index (χ0n) is 14.3. The number of carbonyl (C=O) groups is 2. The number of phenols is 1. The number of para-hydroxylation sites is 1. The van der Waals surface area contributed by atoms with E-state index in [1.165, 1.54) is 13.3 Å². The van der Waals surface area contributed by atoms with Gasteiger partial charge in [0.2, 0.25) is 11.8 Å². The zero-order chi connectivity index (χ0) is 19.8. The Bertz CT molecular complexity index is 874. The minimum absolute atomic E-state index is 0.0253. The summed E-state index contributed by atoms with van der Waals surface area (Å²) in [5.74, 6) is -0.607. The minimum Gasteiger partial charge on any atom is -0.504 e. The summed E-state index contributed by atoms with van der Waals surface area (Å²) in [4.78, 5) is 23.7. The molecule has 0 fully saturated rings. The molecule has 0 heterocycles. The normalized spacial score (nSPS) is 10.6. The number of halogens is 2. The van der Waals surface area contributed by atoms with E-state index in [9.17, 15) is 14.7 Å². The zero-order valence-corrected chi connectivity index (χ0v) is 16.7. The van der Waals surface area contributed by atoms with Gasteiger partial charge in [-0.15, -0.1) is 0 Å². The molecule has 2 amide bonds. The summed E-state index contributed by atoms with van der Waals surface area (Å²) in [6.07, 6.45) is 1.20. The molecule has 0 atom stereocenters. The van der Waals surface area contributed by atoms with Crippen LogP contribution in [0.4, 0.5) is 5.69 Å². The monoisotopic (exact) mass is 453 g/mol. The van der Waals surface area contributed by atoms with Gasteiger partial charge in [-0.2, -0.15) is 5.10 Å². The van der Waals surface area contributed by atoms with Gasteiger partial charge in [-0.3, -0.25) is 9.59 Å². The molecule has 0 aliphatic rings. The number of anilines is 1. The standard InChI is InChI=1S/C18H17BrClN3O4/c1-27-15-9-12(19)8-11(18(15)26)10-21-23-17(25)7-6-16(24)22-14-5-3-2-4-13(14)20/h2-5,8-10,26H,6-7H2,1H3,(H,22,24)(H,23,25). The fraction of sp³-hybridized carbons (Fsp3) is 0.167. The van der Waals surface area contributed by atoms with E-state index < -0.39 is 5.91 Å². The summed E-state index contributed by atoms with van der Waals surface area (Å²) in [5.41, 5.74) is 3.15. The maximum Gasteiger partial charge on any atom is 0.240 e. The molecule has 0 aromatic heterocycles.